The van der Waals surface area contributed by atoms with Crippen molar-refractivity contribution in [2.45, 2.75) is 0 Å². The predicted octanol–water partition coefficient (Wildman–Crippen LogP) is 2.39. The maximum Gasteiger partial charge on any atom is 2.00 e. The van der Waals surface area contributed by atoms with Gasteiger partial charge in [-0.05, 0) is 0 Å². The molecule has 0 aliphatic carbocycles. The van der Waals surface area contributed by atoms with E-state index >= 15 is 0 Å². The summed E-state index contributed by atoms with van der Waals surface area (Å²) in [6.45, 7) is 9.81. The second-order valence-corrected chi connectivity index (χ2v) is 4.67. The summed E-state index contributed by atoms with van der Waals surface area (Å²) >= 11 is 0. The van der Waals surface area contributed by atoms with Crippen molar-refractivity contribution in [3.8, 4) is 0 Å². The number of hydrogen-bond acceptors (Lipinski definition) is 2. The molecule has 0 radical (unpaired) electrons. The zero-order chi connectivity index (χ0) is 16.9. The van der Waals surface area contributed by atoms with E-state index in [1.807, 2.05) is 0 Å². The number of nitrogens with zero attached hydrogens (tertiary/aromatic N) is 2. The number of benzene rings is 3. The minimum absolute atomic E-state index is 0. The third-order valence-electron chi connectivity index (χ3n) is 3.40. The van der Waals surface area contributed by atoms with Crippen LogP contribution in [-0.4, -0.2) is 6.71 Å². The minimum atomic E-state index is 0. The molecule has 118 valence electrons. The van der Waals surface area contributed by atoms with Gasteiger partial charge < -0.3 is 23.7 Å². The second-order valence-electron chi connectivity index (χ2n) is 4.67. The van der Waals surface area contributed by atoms with Gasteiger partial charge in [0.1, 0.15) is 0 Å². The van der Waals surface area contributed by atoms with Crippen LogP contribution < -0.4 is 16.4 Å². The van der Waals surface area contributed by atoms with Crippen molar-refractivity contribution < 1.29 is 16.5 Å². The molecule has 0 aliphatic heterocycles. The van der Waals surface area contributed by atoms with Crippen molar-refractivity contribution in [3.05, 3.63) is 104 Å². The monoisotopic (exact) mass is 352 g/mol. The molecule has 3 aromatic rings. The fourth-order valence-electron chi connectivity index (χ4n) is 2.51. The third-order valence-corrected chi connectivity index (χ3v) is 3.40. The third kappa shape index (κ3) is 5.77. The Morgan fingerprint density at radius 1 is 0.458 bits per heavy atom. The maximum atomic E-state index is 6.25. The largest absolute Gasteiger partial charge is 2.00 e. The predicted molar refractivity (Wildman–Crippen MR) is 93.9 cm³/mol. The molecular formula is C20H15BN2Ni. The van der Waals surface area contributed by atoms with Crippen molar-refractivity contribution in [1.82, 2.24) is 0 Å². The van der Waals surface area contributed by atoms with E-state index in [1.54, 1.807) is 0 Å². The smallest absolute Gasteiger partial charge is 0.512 e. The van der Waals surface area contributed by atoms with E-state index in [2.05, 4.69) is 91.0 Å². The normalized spacial score (nSPS) is 8.17. The molecule has 0 saturated heterocycles. The Morgan fingerprint density at radius 3 is 0.875 bits per heavy atom. The van der Waals surface area contributed by atoms with Crippen LogP contribution in [0.25, 0.3) is 0 Å². The molecule has 0 N–H and O–H groups in total. The summed E-state index contributed by atoms with van der Waals surface area (Å²) < 4.78 is 0. The molecule has 0 aromatic heterocycles. The van der Waals surface area contributed by atoms with Gasteiger partial charge in [0.15, 0.2) is 0 Å². The van der Waals surface area contributed by atoms with Crippen LogP contribution in [0.4, 0.5) is 0 Å². The van der Waals surface area contributed by atoms with Gasteiger partial charge in [0.05, 0.1) is 0 Å². The van der Waals surface area contributed by atoms with Crippen LogP contribution in [0.3, 0.4) is 0 Å². The average Bonchev–Trinajstić information content (AvgIpc) is 2.68. The van der Waals surface area contributed by atoms with Gasteiger partial charge in [0.2, 0.25) is 6.71 Å². The van der Waals surface area contributed by atoms with Crippen molar-refractivity contribution >= 4 is 23.1 Å². The summed E-state index contributed by atoms with van der Waals surface area (Å²) in [7, 11) is 0. The van der Waals surface area contributed by atoms with E-state index in [-0.39, 0.29) is 16.5 Å². The fourth-order valence-corrected chi connectivity index (χ4v) is 2.51. The molecular weight excluding hydrogens is 338 g/mol. The minimum Gasteiger partial charge on any atom is -0.512 e. The topological polar surface area (TPSA) is 47.6 Å². The Balaban J connectivity index is 0.000000987. The van der Waals surface area contributed by atoms with Crippen LogP contribution in [0.5, 0.6) is 0 Å². The van der Waals surface area contributed by atoms with Gasteiger partial charge in [0, 0.05) is 0 Å². The van der Waals surface area contributed by atoms with E-state index in [0.717, 1.165) is 0 Å². The molecule has 0 amide bonds. The van der Waals surface area contributed by atoms with E-state index in [0.29, 0.717) is 6.71 Å². The molecule has 0 aliphatic rings. The van der Waals surface area contributed by atoms with E-state index in [4.69, 9.17) is 23.7 Å². The van der Waals surface area contributed by atoms with Gasteiger partial charge in [-0.2, -0.15) is 0 Å². The molecule has 0 unspecified atom stereocenters. The first-order valence-corrected chi connectivity index (χ1v) is 7.05. The summed E-state index contributed by atoms with van der Waals surface area (Å²) in [6, 6.07) is 32.0. The molecule has 4 heteroatoms. The van der Waals surface area contributed by atoms with E-state index in [1.165, 1.54) is 16.4 Å². The standard InChI is InChI=1S/C18H15B.2CN.Ni/c1-4-10-16(11-5-1)19(17-12-6-2-7-13-17)18-14-8-3-9-15-18;2*1-2;/h1-15H;;;/q;2*-1;+2. The van der Waals surface area contributed by atoms with Gasteiger partial charge >= 0.3 is 16.5 Å². The molecule has 0 heterocycles. The molecule has 24 heavy (non-hydrogen) atoms. The van der Waals surface area contributed by atoms with Crippen molar-refractivity contribution in [2.24, 2.45) is 0 Å². The first kappa shape index (κ1) is 21.2. The Hall–Kier alpha value is -2.80. The van der Waals surface area contributed by atoms with Crippen molar-refractivity contribution in [3.63, 3.8) is 0 Å². The van der Waals surface area contributed by atoms with Gasteiger partial charge in [-0.1, -0.05) is 107 Å². The summed E-state index contributed by atoms with van der Waals surface area (Å²) in [5.74, 6) is 0. The Bertz CT molecular complexity index is 613. The van der Waals surface area contributed by atoms with Gasteiger partial charge in [-0.15, -0.1) is 0 Å². The summed E-state index contributed by atoms with van der Waals surface area (Å²) in [6.07, 6.45) is 0. The molecule has 0 saturated carbocycles. The van der Waals surface area contributed by atoms with Gasteiger partial charge in [0.25, 0.3) is 0 Å². The van der Waals surface area contributed by atoms with Crippen molar-refractivity contribution in [2.75, 3.05) is 0 Å². The Morgan fingerprint density at radius 2 is 0.667 bits per heavy atom. The summed E-state index contributed by atoms with van der Waals surface area (Å²) in [4.78, 5) is 0. The maximum absolute atomic E-state index is 6.25. The average molecular weight is 353 g/mol. The molecule has 3 aromatic carbocycles. The van der Waals surface area contributed by atoms with Gasteiger partial charge in [-0.25, -0.2) is 0 Å². The van der Waals surface area contributed by atoms with E-state index < -0.39 is 0 Å². The van der Waals surface area contributed by atoms with E-state index in [9.17, 15) is 0 Å². The molecule has 0 spiro atoms. The van der Waals surface area contributed by atoms with Crippen LogP contribution in [0.15, 0.2) is 91.0 Å². The molecule has 0 bridgehead atoms. The molecule has 0 fully saturated rings. The quantitative estimate of drug-likeness (QED) is 0.537. The first-order chi connectivity index (χ1) is 11.4. The number of hydrogen-bond donors (Lipinski definition) is 0. The van der Waals surface area contributed by atoms with Crippen molar-refractivity contribution in [1.29, 1.82) is 10.5 Å². The zero-order valence-electron chi connectivity index (χ0n) is 12.9. The number of rotatable bonds is 3. The Kier molecular flexibility index (Phi) is 11.2. The molecule has 2 nitrogen and oxygen atoms in total. The SMILES string of the molecule is [C-]#N.[C-]#N.[Ni+2].c1ccc(B(c2ccccc2)c2ccccc2)cc1. The van der Waals surface area contributed by atoms with Crippen LogP contribution in [-0.2, 0) is 16.5 Å². The van der Waals surface area contributed by atoms with Crippen LogP contribution in [0, 0.1) is 23.7 Å². The summed E-state index contributed by atoms with van der Waals surface area (Å²) in [5, 5.41) is 12.5. The van der Waals surface area contributed by atoms with Crippen LogP contribution in [0.2, 0.25) is 0 Å². The second kappa shape index (κ2) is 12.7. The molecule has 3 rings (SSSR count). The Labute approximate surface area is 154 Å². The van der Waals surface area contributed by atoms with Crippen LogP contribution in [0.1, 0.15) is 0 Å². The zero-order valence-corrected chi connectivity index (χ0v) is 13.9. The van der Waals surface area contributed by atoms with Crippen LogP contribution >= 0.6 is 0 Å². The first-order valence-electron chi connectivity index (χ1n) is 7.05. The molecule has 0 atom stereocenters. The van der Waals surface area contributed by atoms with Gasteiger partial charge in [-0.3, -0.25) is 0 Å². The summed E-state index contributed by atoms with van der Waals surface area (Å²) in [5.41, 5.74) is 4.00. The fraction of sp³-hybridized carbons (Fsp3) is 0.